The molecule has 0 aliphatic heterocycles. The van der Waals surface area contributed by atoms with Crippen LogP contribution in [0.1, 0.15) is 11.1 Å². The SMILES string of the molecule is Clc1ccc(-c2ccc3c(c2)C3)cc1.N. The Kier molecular flexibility index (Phi) is 2.51. The Bertz CT molecular complexity index is 488. The van der Waals surface area contributed by atoms with Crippen LogP contribution in [0.25, 0.3) is 11.1 Å². The van der Waals surface area contributed by atoms with E-state index in [-0.39, 0.29) is 6.15 Å². The number of halogens is 1. The summed E-state index contributed by atoms with van der Waals surface area (Å²) in [7, 11) is 0. The molecule has 0 saturated carbocycles. The molecule has 2 heteroatoms. The zero-order valence-corrected chi connectivity index (χ0v) is 9.09. The van der Waals surface area contributed by atoms with Crippen molar-refractivity contribution in [1.82, 2.24) is 6.15 Å². The quantitative estimate of drug-likeness (QED) is 0.655. The van der Waals surface area contributed by atoms with E-state index in [4.69, 9.17) is 11.6 Å². The lowest BCUT2D eigenvalue weighted by Gasteiger charge is -1.99. The van der Waals surface area contributed by atoms with Gasteiger partial charge >= 0.3 is 0 Å². The molecule has 0 unspecified atom stereocenters. The fourth-order valence-corrected chi connectivity index (χ4v) is 1.84. The third-order valence-corrected chi connectivity index (χ3v) is 2.89. The van der Waals surface area contributed by atoms with Crippen molar-refractivity contribution in [2.75, 3.05) is 0 Å². The molecule has 1 nitrogen and oxygen atoms in total. The Balaban J connectivity index is 0.000000853. The van der Waals surface area contributed by atoms with Gasteiger partial charge in [0.15, 0.2) is 0 Å². The molecule has 3 N–H and O–H groups in total. The van der Waals surface area contributed by atoms with Gasteiger partial charge < -0.3 is 6.15 Å². The van der Waals surface area contributed by atoms with Crippen molar-refractivity contribution in [2.24, 2.45) is 0 Å². The summed E-state index contributed by atoms with van der Waals surface area (Å²) < 4.78 is 0. The van der Waals surface area contributed by atoms with Gasteiger partial charge in [-0.05, 0) is 40.8 Å². The molecule has 1 aliphatic carbocycles. The minimum atomic E-state index is 0. The zero-order valence-electron chi connectivity index (χ0n) is 8.33. The second-order valence-electron chi connectivity index (χ2n) is 3.67. The van der Waals surface area contributed by atoms with Gasteiger partial charge in [0.2, 0.25) is 0 Å². The molecule has 0 heterocycles. The minimum absolute atomic E-state index is 0. The molecule has 76 valence electrons. The highest BCUT2D eigenvalue weighted by Gasteiger charge is 2.16. The molecule has 0 radical (unpaired) electrons. The number of hydrogen-bond acceptors (Lipinski definition) is 1. The lowest BCUT2D eigenvalue weighted by Crippen LogP contribution is -1.75. The molecule has 15 heavy (non-hydrogen) atoms. The van der Waals surface area contributed by atoms with E-state index in [1.54, 1.807) is 0 Å². The highest BCUT2D eigenvalue weighted by atomic mass is 35.5. The summed E-state index contributed by atoms with van der Waals surface area (Å²) in [5.41, 5.74) is 5.50. The van der Waals surface area contributed by atoms with Crippen LogP contribution in [0.2, 0.25) is 5.02 Å². The van der Waals surface area contributed by atoms with Crippen LogP contribution in [-0.2, 0) is 6.42 Å². The van der Waals surface area contributed by atoms with E-state index in [2.05, 4.69) is 30.3 Å². The van der Waals surface area contributed by atoms with Gasteiger partial charge in [0.1, 0.15) is 0 Å². The Morgan fingerprint density at radius 2 is 1.47 bits per heavy atom. The molecule has 3 rings (SSSR count). The highest BCUT2D eigenvalue weighted by Crippen LogP contribution is 2.32. The summed E-state index contributed by atoms with van der Waals surface area (Å²) in [6, 6.07) is 14.6. The van der Waals surface area contributed by atoms with Crippen LogP contribution in [0.3, 0.4) is 0 Å². The molecule has 2 aromatic carbocycles. The van der Waals surface area contributed by atoms with Crippen LogP contribution >= 0.6 is 11.6 Å². The van der Waals surface area contributed by atoms with Crippen molar-refractivity contribution in [1.29, 1.82) is 0 Å². The van der Waals surface area contributed by atoms with E-state index < -0.39 is 0 Å². The normalized spacial score (nSPS) is 11.5. The molecular formula is C13H12ClN. The molecule has 0 atom stereocenters. The Morgan fingerprint density at radius 3 is 2.13 bits per heavy atom. The van der Waals surface area contributed by atoms with E-state index in [1.165, 1.54) is 28.7 Å². The van der Waals surface area contributed by atoms with Crippen molar-refractivity contribution in [3.8, 4) is 11.1 Å². The van der Waals surface area contributed by atoms with Gasteiger partial charge in [-0.15, -0.1) is 0 Å². The summed E-state index contributed by atoms with van der Waals surface area (Å²) in [6.45, 7) is 0. The average molecular weight is 218 g/mol. The van der Waals surface area contributed by atoms with Crippen LogP contribution in [0.4, 0.5) is 0 Å². The first-order chi connectivity index (χ1) is 6.83. The number of benzene rings is 2. The maximum Gasteiger partial charge on any atom is 0.0406 e. The first-order valence-corrected chi connectivity index (χ1v) is 5.08. The number of rotatable bonds is 1. The smallest absolute Gasteiger partial charge is 0.0406 e. The number of hydrogen-bond donors (Lipinski definition) is 1. The molecule has 2 aromatic rings. The van der Waals surface area contributed by atoms with Crippen LogP contribution in [0.5, 0.6) is 0 Å². The largest absolute Gasteiger partial charge is 0.344 e. The Hall–Kier alpha value is -1.31. The molecule has 0 fully saturated rings. The number of fused-ring (bicyclic) bond motifs is 1. The fourth-order valence-electron chi connectivity index (χ4n) is 1.72. The van der Waals surface area contributed by atoms with Gasteiger partial charge in [-0.2, -0.15) is 0 Å². The predicted molar refractivity (Wildman–Crippen MR) is 64.7 cm³/mol. The van der Waals surface area contributed by atoms with Gasteiger partial charge in [0.25, 0.3) is 0 Å². The van der Waals surface area contributed by atoms with Gasteiger partial charge in [-0.1, -0.05) is 41.9 Å². The summed E-state index contributed by atoms with van der Waals surface area (Å²) >= 11 is 5.84. The van der Waals surface area contributed by atoms with E-state index in [9.17, 15) is 0 Å². The topological polar surface area (TPSA) is 35.0 Å². The summed E-state index contributed by atoms with van der Waals surface area (Å²) in [6.07, 6.45) is 1.17. The third-order valence-electron chi connectivity index (χ3n) is 2.64. The molecule has 0 spiro atoms. The van der Waals surface area contributed by atoms with Crippen molar-refractivity contribution < 1.29 is 0 Å². The first-order valence-electron chi connectivity index (χ1n) is 4.71. The van der Waals surface area contributed by atoms with Crippen LogP contribution in [0.15, 0.2) is 42.5 Å². The lowest BCUT2D eigenvalue weighted by molar-refractivity contribution is 1.60. The Morgan fingerprint density at radius 1 is 0.800 bits per heavy atom. The zero-order chi connectivity index (χ0) is 9.54. The Labute approximate surface area is 94.3 Å². The summed E-state index contributed by atoms with van der Waals surface area (Å²) in [5, 5.41) is 0.792. The molecule has 0 amide bonds. The lowest BCUT2D eigenvalue weighted by atomic mass is 10.1. The third kappa shape index (κ3) is 1.89. The van der Waals surface area contributed by atoms with E-state index in [0.29, 0.717) is 0 Å². The maximum absolute atomic E-state index is 5.84. The van der Waals surface area contributed by atoms with Crippen LogP contribution in [-0.4, -0.2) is 0 Å². The van der Waals surface area contributed by atoms with Crippen molar-refractivity contribution >= 4 is 11.6 Å². The van der Waals surface area contributed by atoms with Crippen molar-refractivity contribution in [3.05, 3.63) is 58.6 Å². The van der Waals surface area contributed by atoms with E-state index in [0.717, 1.165) is 5.02 Å². The minimum Gasteiger partial charge on any atom is -0.344 e. The second kappa shape index (κ2) is 3.69. The predicted octanol–water partition coefficient (Wildman–Crippen LogP) is 4.07. The molecular weight excluding hydrogens is 206 g/mol. The standard InChI is InChI=1S/C13H9Cl.H3N/c14-13-5-3-9(4-6-13)10-1-2-11-8-12(11)7-10;/h1-7H,8H2;1H3. The first kappa shape index (κ1) is 10.2. The monoisotopic (exact) mass is 217 g/mol. The maximum atomic E-state index is 5.84. The molecule has 1 aliphatic rings. The van der Waals surface area contributed by atoms with Gasteiger partial charge in [0, 0.05) is 5.02 Å². The summed E-state index contributed by atoms with van der Waals surface area (Å²) in [5.74, 6) is 0. The fraction of sp³-hybridized carbons (Fsp3) is 0.0769. The molecule has 0 saturated heterocycles. The summed E-state index contributed by atoms with van der Waals surface area (Å²) in [4.78, 5) is 0. The average Bonchev–Trinajstić information content (AvgIpc) is 2.96. The molecule has 0 aromatic heterocycles. The van der Waals surface area contributed by atoms with Crippen LogP contribution in [0, 0.1) is 0 Å². The van der Waals surface area contributed by atoms with E-state index >= 15 is 0 Å². The van der Waals surface area contributed by atoms with Gasteiger partial charge in [0.05, 0.1) is 0 Å². The highest BCUT2D eigenvalue weighted by molar-refractivity contribution is 6.30. The van der Waals surface area contributed by atoms with Crippen molar-refractivity contribution in [3.63, 3.8) is 0 Å². The van der Waals surface area contributed by atoms with E-state index in [1.807, 2.05) is 12.1 Å². The van der Waals surface area contributed by atoms with Crippen LogP contribution < -0.4 is 6.15 Å². The van der Waals surface area contributed by atoms with Gasteiger partial charge in [-0.3, -0.25) is 0 Å². The second-order valence-corrected chi connectivity index (χ2v) is 4.10. The van der Waals surface area contributed by atoms with Crippen molar-refractivity contribution in [2.45, 2.75) is 6.42 Å². The molecule has 0 bridgehead atoms. The van der Waals surface area contributed by atoms with Gasteiger partial charge in [-0.25, -0.2) is 0 Å².